The van der Waals surface area contributed by atoms with Crippen LogP contribution in [0.1, 0.15) is 63.0 Å². The molecule has 3 unspecified atom stereocenters. The van der Waals surface area contributed by atoms with Crippen LogP contribution in [0.25, 0.3) is 22.4 Å². The number of benzene rings is 2. The largest absolute Gasteiger partial charge is 0.453 e. The number of ether oxygens (including phenoxy) is 3. The average Bonchev–Trinajstić information content (AvgIpc) is 4.02. The van der Waals surface area contributed by atoms with Crippen molar-refractivity contribution in [1.29, 1.82) is 0 Å². The van der Waals surface area contributed by atoms with E-state index < -0.39 is 24.3 Å². The van der Waals surface area contributed by atoms with Crippen LogP contribution in [-0.2, 0) is 23.8 Å². The lowest BCUT2D eigenvalue weighted by Crippen LogP contribution is -2.59. The molecular formula is C40H50N8O7. The highest BCUT2D eigenvalue weighted by molar-refractivity contribution is 5.95. The Bertz CT molecular complexity index is 1890. The van der Waals surface area contributed by atoms with E-state index in [2.05, 4.69) is 74.4 Å². The van der Waals surface area contributed by atoms with Crippen LogP contribution in [0.5, 0.6) is 0 Å². The van der Waals surface area contributed by atoms with Crippen molar-refractivity contribution < 1.29 is 33.4 Å². The first-order valence-corrected chi connectivity index (χ1v) is 19.1. The van der Waals surface area contributed by atoms with E-state index in [0.29, 0.717) is 32.8 Å². The summed E-state index contributed by atoms with van der Waals surface area (Å²) in [6.45, 7) is 6.43. The molecule has 4 aliphatic rings. The maximum Gasteiger partial charge on any atom is 0.407 e. The third kappa shape index (κ3) is 8.02. The summed E-state index contributed by atoms with van der Waals surface area (Å²) in [5.41, 5.74) is 5.11. The van der Waals surface area contributed by atoms with Crippen molar-refractivity contribution in [1.82, 2.24) is 35.7 Å². The summed E-state index contributed by atoms with van der Waals surface area (Å²) in [5, 5.41) is 9.01. The molecule has 4 amide bonds. The van der Waals surface area contributed by atoms with E-state index in [-0.39, 0.29) is 41.8 Å². The van der Waals surface area contributed by atoms with Crippen molar-refractivity contribution in [3.05, 3.63) is 66.1 Å². The lowest BCUT2D eigenvalue weighted by molar-refractivity contribution is -0.140. The Morgan fingerprint density at radius 2 is 1.42 bits per heavy atom. The van der Waals surface area contributed by atoms with Crippen LogP contribution in [-0.4, -0.2) is 115 Å². The number of alkyl carbamates (subject to hydrolysis) is 2. The molecule has 15 heteroatoms. The number of carbonyl (C=O) groups excluding carboxylic acids is 4. The van der Waals surface area contributed by atoms with Crippen LogP contribution in [0.3, 0.4) is 0 Å². The summed E-state index contributed by atoms with van der Waals surface area (Å²) in [4.78, 5) is 67.8. The number of aromatic nitrogens is 2. The number of likely N-dealkylation sites (tertiary alicyclic amines) is 2. The zero-order valence-electron chi connectivity index (χ0n) is 31.7. The summed E-state index contributed by atoms with van der Waals surface area (Å²) < 4.78 is 14.9. The van der Waals surface area contributed by atoms with Crippen molar-refractivity contribution in [2.75, 3.05) is 47.1 Å². The van der Waals surface area contributed by atoms with Gasteiger partial charge in [0.25, 0.3) is 0 Å². The number of amidine groups is 1. The lowest BCUT2D eigenvalue weighted by Gasteiger charge is -2.36. The highest BCUT2D eigenvalue weighted by Crippen LogP contribution is 2.34. The van der Waals surface area contributed by atoms with Gasteiger partial charge in [0.1, 0.15) is 23.7 Å². The van der Waals surface area contributed by atoms with E-state index in [1.54, 1.807) is 6.20 Å². The Morgan fingerprint density at radius 1 is 0.818 bits per heavy atom. The normalized spacial score (nSPS) is 22.1. The SMILES string of the molecule is COC(=O)NC(C(=O)N1CCC[C@H]1c1ncc(-c2ccc(-c3ccc(C4CN=C([C@@H]5CCCN5C(=O)C(NC(=O)OC)C5COC5)N4)cc3)cc2)[nH]1)C(C)C. The quantitative estimate of drug-likeness (QED) is 0.223. The Labute approximate surface area is 320 Å². The third-order valence-electron chi connectivity index (χ3n) is 11.2. The van der Waals surface area contributed by atoms with Crippen LogP contribution < -0.4 is 16.0 Å². The summed E-state index contributed by atoms with van der Waals surface area (Å²) in [6, 6.07) is 15.0. The molecule has 0 spiro atoms. The first-order valence-electron chi connectivity index (χ1n) is 19.1. The number of amides is 4. The van der Waals surface area contributed by atoms with Crippen molar-refractivity contribution >= 4 is 29.8 Å². The van der Waals surface area contributed by atoms with Crippen LogP contribution in [0.2, 0.25) is 0 Å². The molecule has 5 heterocycles. The molecule has 292 valence electrons. The number of hydrogen-bond acceptors (Lipinski definition) is 10. The fourth-order valence-electron chi connectivity index (χ4n) is 7.95. The Hall–Kier alpha value is -5.44. The monoisotopic (exact) mass is 754 g/mol. The summed E-state index contributed by atoms with van der Waals surface area (Å²) in [7, 11) is 2.58. The highest BCUT2D eigenvalue weighted by Gasteiger charge is 2.43. The average molecular weight is 755 g/mol. The van der Waals surface area contributed by atoms with Crippen molar-refractivity contribution in [2.45, 2.75) is 69.7 Å². The lowest BCUT2D eigenvalue weighted by atomic mass is 9.96. The van der Waals surface area contributed by atoms with Gasteiger partial charge in [0.05, 0.1) is 64.0 Å². The van der Waals surface area contributed by atoms with E-state index in [1.807, 2.05) is 23.6 Å². The summed E-state index contributed by atoms with van der Waals surface area (Å²) in [6.07, 6.45) is 3.85. The minimum atomic E-state index is -0.694. The van der Waals surface area contributed by atoms with E-state index in [1.165, 1.54) is 14.2 Å². The van der Waals surface area contributed by atoms with Gasteiger partial charge in [0, 0.05) is 19.0 Å². The van der Waals surface area contributed by atoms with E-state index in [0.717, 1.165) is 65.3 Å². The molecule has 3 aromatic rings. The van der Waals surface area contributed by atoms with E-state index in [9.17, 15) is 19.2 Å². The number of nitrogens with zero attached hydrogens (tertiary/aromatic N) is 4. The number of aliphatic imine (C=N–C) groups is 1. The van der Waals surface area contributed by atoms with E-state index >= 15 is 0 Å². The van der Waals surface area contributed by atoms with Gasteiger partial charge in [-0.05, 0) is 53.9 Å². The molecule has 0 aliphatic carbocycles. The predicted octanol–water partition coefficient (Wildman–Crippen LogP) is 4.19. The maximum absolute atomic E-state index is 13.7. The molecule has 0 bridgehead atoms. The predicted molar refractivity (Wildman–Crippen MR) is 204 cm³/mol. The molecule has 0 radical (unpaired) electrons. The zero-order chi connectivity index (χ0) is 38.6. The molecule has 1 aromatic heterocycles. The van der Waals surface area contributed by atoms with Gasteiger partial charge in [-0.15, -0.1) is 0 Å². The molecule has 4 N–H and O–H groups in total. The minimum absolute atomic E-state index is 0.00553. The van der Waals surface area contributed by atoms with E-state index in [4.69, 9.17) is 19.2 Å². The molecule has 15 nitrogen and oxygen atoms in total. The Kier molecular flexibility index (Phi) is 11.4. The molecule has 55 heavy (non-hydrogen) atoms. The molecular weight excluding hydrogens is 704 g/mol. The van der Waals surface area contributed by atoms with Gasteiger partial charge < -0.3 is 44.9 Å². The number of aromatic amines is 1. The van der Waals surface area contributed by atoms with Gasteiger partial charge in [-0.1, -0.05) is 62.4 Å². The van der Waals surface area contributed by atoms with Gasteiger partial charge in [0.15, 0.2) is 0 Å². The molecule has 0 saturated carbocycles. The van der Waals surface area contributed by atoms with Crippen molar-refractivity contribution in [3.8, 4) is 22.4 Å². The summed E-state index contributed by atoms with van der Waals surface area (Å²) in [5.74, 6) is 1.08. The third-order valence-corrected chi connectivity index (χ3v) is 11.2. The second-order valence-electron chi connectivity index (χ2n) is 15.0. The number of imidazole rings is 1. The Balaban J connectivity index is 0.962. The molecule has 3 fully saturated rings. The topological polar surface area (TPSA) is 180 Å². The van der Waals surface area contributed by atoms with Gasteiger partial charge in [0.2, 0.25) is 11.8 Å². The van der Waals surface area contributed by atoms with Crippen molar-refractivity contribution in [3.63, 3.8) is 0 Å². The van der Waals surface area contributed by atoms with Crippen LogP contribution in [0, 0.1) is 11.8 Å². The Morgan fingerprint density at radius 3 is 2.04 bits per heavy atom. The fourth-order valence-corrected chi connectivity index (χ4v) is 7.95. The maximum atomic E-state index is 13.7. The number of rotatable bonds is 11. The number of carbonyl (C=O) groups is 4. The molecule has 5 atom stereocenters. The van der Waals surface area contributed by atoms with Crippen LogP contribution in [0.15, 0.2) is 59.7 Å². The number of nitrogens with one attached hydrogen (secondary N) is 4. The van der Waals surface area contributed by atoms with Crippen LogP contribution in [0.4, 0.5) is 9.59 Å². The van der Waals surface area contributed by atoms with Crippen LogP contribution >= 0.6 is 0 Å². The fraction of sp³-hybridized carbons (Fsp3) is 0.500. The number of hydrogen-bond donors (Lipinski definition) is 4. The first-order chi connectivity index (χ1) is 26.6. The molecule has 7 rings (SSSR count). The second-order valence-corrected chi connectivity index (χ2v) is 15.0. The first kappa shape index (κ1) is 37.9. The second kappa shape index (κ2) is 16.5. The van der Waals surface area contributed by atoms with Gasteiger partial charge in [-0.2, -0.15) is 0 Å². The zero-order valence-corrected chi connectivity index (χ0v) is 31.7. The minimum Gasteiger partial charge on any atom is -0.453 e. The molecule has 2 aromatic carbocycles. The number of methoxy groups -OCH3 is 2. The van der Waals surface area contributed by atoms with Gasteiger partial charge >= 0.3 is 12.2 Å². The molecule has 4 aliphatic heterocycles. The molecule has 3 saturated heterocycles. The van der Waals surface area contributed by atoms with Crippen molar-refractivity contribution in [2.24, 2.45) is 16.8 Å². The standard InChI is InChI=1S/C40H50N8O7/c1-23(2)33(45-39(51)53-3)37(49)47-17-5-7-31(47)35-41-19-29(43-35)26-13-9-24(10-14-26)25-11-15-27(16-12-25)30-20-42-36(44-30)32-8-6-18-48(32)38(50)34(28-21-55-22-28)46-40(52)54-4/h9-16,19,23,28,30-34H,5-8,17-18,20-22H2,1-4H3,(H,41,43)(H,42,44)(H,45,51)(H,46,52)/t30?,31-,32-,33?,34?/m0/s1. The smallest absolute Gasteiger partial charge is 0.407 e. The van der Waals surface area contributed by atoms with Gasteiger partial charge in [-0.3, -0.25) is 14.6 Å². The number of H-pyrrole nitrogens is 1. The summed E-state index contributed by atoms with van der Waals surface area (Å²) >= 11 is 0. The van der Waals surface area contributed by atoms with Gasteiger partial charge in [-0.25, -0.2) is 14.6 Å². The highest BCUT2D eigenvalue weighted by atomic mass is 16.5.